The van der Waals surface area contributed by atoms with Crippen LogP contribution in [0.4, 0.5) is 4.39 Å². The van der Waals surface area contributed by atoms with Gasteiger partial charge in [-0.3, -0.25) is 9.59 Å². The second-order valence-electron chi connectivity index (χ2n) is 3.57. The van der Waals surface area contributed by atoms with E-state index < -0.39 is 23.7 Å². The molecule has 1 unspecified atom stereocenters. The molecule has 1 aromatic rings. The molecule has 2 rings (SSSR count). The summed E-state index contributed by atoms with van der Waals surface area (Å²) in [4.78, 5) is 22.1. The van der Waals surface area contributed by atoms with Crippen molar-refractivity contribution in [3.05, 3.63) is 35.1 Å². The van der Waals surface area contributed by atoms with E-state index in [-0.39, 0.29) is 12.0 Å². The van der Waals surface area contributed by atoms with E-state index in [1.165, 1.54) is 6.07 Å². The van der Waals surface area contributed by atoms with Gasteiger partial charge in [-0.25, -0.2) is 4.39 Å². The highest BCUT2D eigenvalue weighted by atomic mass is 19.1. The molecule has 0 aromatic heterocycles. The fraction of sp³-hybridized carbons (Fsp3) is 0.273. The van der Waals surface area contributed by atoms with Crippen LogP contribution in [0, 0.1) is 12.7 Å². The average molecular weight is 208 g/mol. The van der Waals surface area contributed by atoms with Gasteiger partial charge in [-0.15, -0.1) is 0 Å². The van der Waals surface area contributed by atoms with Crippen molar-refractivity contribution in [2.24, 2.45) is 0 Å². The third-order valence-corrected chi connectivity index (χ3v) is 2.40. The molecule has 1 atom stereocenters. The Morgan fingerprint density at radius 3 is 2.73 bits per heavy atom. The highest BCUT2D eigenvalue weighted by Gasteiger charge is 2.36. The molecule has 0 spiro atoms. The molecular formula is C11H9FO3. The lowest BCUT2D eigenvalue weighted by molar-refractivity contribution is -0.152. The Morgan fingerprint density at radius 1 is 1.40 bits per heavy atom. The van der Waals surface area contributed by atoms with E-state index >= 15 is 0 Å². The zero-order valence-electron chi connectivity index (χ0n) is 8.12. The van der Waals surface area contributed by atoms with Gasteiger partial charge in [0.05, 0.1) is 12.3 Å². The van der Waals surface area contributed by atoms with Gasteiger partial charge in [-0.05, 0) is 13.0 Å². The zero-order chi connectivity index (χ0) is 11.0. The number of aryl methyl sites for hydroxylation is 1. The van der Waals surface area contributed by atoms with E-state index in [1.54, 1.807) is 19.1 Å². The zero-order valence-corrected chi connectivity index (χ0v) is 8.12. The van der Waals surface area contributed by atoms with Gasteiger partial charge < -0.3 is 4.74 Å². The highest BCUT2D eigenvalue weighted by Crippen LogP contribution is 2.29. The van der Waals surface area contributed by atoms with Gasteiger partial charge in [-0.1, -0.05) is 17.7 Å². The average Bonchev–Trinajstić information content (AvgIpc) is 2.50. The third-order valence-electron chi connectivity index (χ3n) is 2.40. The van der Waals surface area contributed by atoms with Crippen LogP contribution in [-0.4, -0.2) is 11.9 Å². The first kappa shape index (κ1) is 9.83. The minimum Gasteiger partial charge on any atom is -0.393 e. The Morgan fingerprint density at radius 2 is 2.13 bits per heavy atom. The van der Waals surface area contributed by atoms with Gasteiger partial charge in [0, 0.05) is 5.56 Å². The minimum atomic E-state index is -0.780. The number of ether oxygens (including phenoxy) is 1. The summed E-state index contributed by atoms with van der Waals surface area (Å²) >= 11 is 0. The number of benzene rings is 1. The molecule has 1 aliphatic heterocycles. The second-order valence-corrected chi connectivity index (χ2v) is 3.57. The van der Waals surface area contributed by atoms with Gasteiger partial charge in [0.2, 0.25) is 0 Å². The van der Waals surface area contributed by atoms with Crippen LogP contribution in [0.3, 0.4) is 0 Å². The Bertz CT molecular complexity index is 439. The molecule has 3 nitrogen and oxygen atoms in total. The van der Waals surface area contributed by atoms with Crippen LogP contribution >= 0.6 is 0 Å². The van der Waals surface area contributed by atoms with Gasteiger partial charge in [0.25, 0.3) is 0 Å². The normalized spacial score (nSPS) is 20.5. The van der Waals surface area contributed by atoms with Crippen molar-refractivity contribution < 1.29 is 18.7 Å². The van der Waals surface area contributed by atoms with Gasteiger partial charge >= 0.3 is 11.9 Å². The summed E-state index contributed by atoms with van der Waals surface area (Å²) in [5.74, 6) is -2.51. The molecule has 0 bridgehead atoms. The predicted molar refractivity (Wildman–Crippen MR) is 49.6 cm³/mol. The number of cyclic esters (lactones) is 2. The summed E-state index contributed by atoms with van der Waals surface area (Å²) in [6.45, 7) is 1.80. The summed E-state index contributed by atoms with van der Waals surface area (Å²) in [5, 5.41) is 0. The van der Waals surface area contributed by atoms with E-state index in [1.807, 2.05) is 0 Å². The Labute approximate surface area is 85.9 Å². The molecule has 1 fully saturated rings. The maximum absolute atomic E-state index is 13.4. The van der Waals surface area contributed by atoms with Crippen molar-refractivity contribution in [2.75, 3.05) is 0 Å². The minimum absolute atomic E-state index is 0.0702. The van der Waals surface area contributed by atoms with Crippen LogP contribution in [0.1, 0.15) is 23.5 Å². The summed E-state index contributed by atoms with van der Waals surface area (Å²) < 4.78 is 17.8. The summed E-state index contributed by atoms with van der Waals surface area (Å²) in [6.07, 6.45) is -0.0702. The number of carbonyl (C=O) groups is 2. The van der Waals surface area contributed by atoms with Gasteiger partial charge in [-0.2, -0.15) is 0 Å². The summed E-state index contributed by atoms with van der Waals surface area (Å²) in [7, 11) is 0. The molecule has 0 saturated carbocycles. The van der Waals surface area contributed by atoms with Crippen molar-refractivity contribution in [2.45, 2.75) is 19.3 Å². The fourth-order valence-electron chi connectivity index (χ4n) is 1.64. The lowest BCUT2D eigenvalue weighted by atomic mass is 9.96. The molecule has 1 heterocycles. The lowest BCUT2D eigenvalue weighted by Crippen LogP contribution is -2.07. The van der Waals surface area contributed by atoms with Crippen molar-refractivity contribution >= 4 is 11.9 Å². The number of hydrogen-bond donors (Lipinski definition) is 0. The molecule has 1 aliphatic rings. The molecule has 78 valence electrons. The van der Waals surface area contributed by atoms with Crippen LogP contribution in [0.25, 0.3) is 0 Å². The molecule has 1 saturated heterocycles. The summed E-state index contributed by atoms with van der Waals surface area (Å²) in [6, 6.07) is 4.47. The standard InChI is InChI=1S/C11H9FO3/c1-6-2-3-9(12)7(4-6)8-5-10(13)15-11(8)14/h2-4,8H,5H2,1H3. The molecule has 0 amide bonds. The Balaban J connectivity index is 2.41. The Hall–Kier alpha value is -1.71. The molecule has 1 aromatic carbocycles. The number of carbonyl (C=O) groups excluding carboxylic acids is 2. The quantitative estimate of drug-likeness (QED) is 0.521. The number of rotatable bonds is 1. The summed E-state index contributed by atoms with van der Waals surface area (Å²) in [5.41, 5.74) is 1.09. The SMILES string of the molecule is Cc1ccc(F)c(C2CC(=O)OC2=O)c1. The van der Waals surface area contributed by atoms with Crippen molar-refractivity contribution in [3.8, 4) is 0 Å². The van der Waals surface area contributed by atoms with Crippen molar-refractivity contribution in [3.63, 3.8) is 0 Å². The van der Waals surface area contributed by atoms with Crippen LogP contribution in [-0.2, 0) is 14.3 Å². The van der Waals surface area contributed by atoms with E-state index in [0.29, 0.717) is 0 Å². The Kier molecular flexibility index (Phi) is 2.26. The first-order chi connectivity index (χ1) is 7.08. The molecule has 0 aliphatic carbocycles. The number of hydrogen-bond acceptors (Lipinski definition) is 3. The molecular weight excluding hydrogens is 199 g/mol. The highest BCUT2D eigenvalue weighted by molar-refractivity contribution is 5.97. The second kappa shape index (κ2) is 3.46. The van der Waals surface area contributed by atoms with E-state index in [2.05, 4.69) is 4.74 Å². The van der Waals surface area contributed by atoms with Crippen LogP contribution in [0.2, 0.25) is 0 Å². The van der Waals surface area contributed by atoms with E-state index in [0.717, 1.165) is 5.56 Å². The smallest absolute Gasteiger partial charge is 0.321 e. The first-order valence-corrected chi connectivity index (χ1v) is 4.58. The van der Waals surface area contributed by atoms with Crippen LogP contribution in [0.15, 0.2) is 18.2 Å². The number of esters is 2. The first-order valence-electron chi connectivity index (χ1n) is 4.58. The molecule has 0 radical (unpaired) electrons. The molecule has 15 heavy (non-hydrogen) atoms. The maximum Gasteiger partial charge on any atom is 0.321 e. The molecule has 4 heteroatoms. The van der Waals surface area contributed by atoms with Crippen LogP contribution in [0.5, 0.6) is 0 Å². The van der Waals surface area contributed by atoms with Crippen molar-refractivity contribution in [1.82, 2.24) is 0 Å². The predicted octanol–water partition coefficient (Wildman–Crippen LogP) is 1.69. The fourth-order valence-corrected chi connectivity index (χ4v) is 1.64. The van der Waals surface area contributed by atoms with E-state index in [9.17, 15) is 14.0 Å². The molecule has 0 N–H and O–H groups in total. The van der Waals surface area contributed by atoms with E-state index in [4.69, 9.17) is 0 Å². The number of halogens is 1. The van der Waals surface area contributed by atoms with Crippen molar-refractivity contribution in [1.29, 1.82) is 0 Å². The lowest BCUT2D eigenvalue weighted by Gasteiger charge is -2.07. The van der Waals surface area contributed by atoms with Crippen LogP contribution < -0.4 is 0 Å². The van der Waals surface area contributed by atoms with Gasteiger partial charge in [0.15, 0.2) is 0 Å². The van der Waals surface area contributed by atoms with Gasteiger partial charge in [0.1, 0.15) is 5.82 Å². The largest absolute Gasteiger partial charge is 0.393 e. The maximum atomic E-state index is 13.4. The third kappa shape index (κ3) is 1.75. The topological polar surface area (TPSA) is 43.4 Å². The monoisotopic (exact) mass is 208 g/mol.